The van der Waals surface area contributed by atoms with Crippen molar-refractivity contribution in [2.75, 3.05) is 0 Å². The molecule has 0 amide bonds. The van der Waals surface area contributed by atoms with Crippen molar-refractivity contribution in [3.63, 3.8) is 0 Å². The highest BCUT2D eigenvalue weighted by Gasteiger charge is 2.06. The summed E-state index contributed by atoms with van der Waals surface area (Å²) in [5.41, 5.74) is 0.954. The van der Waals surface area contributed by atoms with E-state index in [2.05, 4.69) is 21.8 Å². The van der Waals surface area contributed by atoms with Crippen LogP contribution in [0.4, 0.5) is 0 Å². The second-order valence-corrected chi connectivity index (χ2v) is 2.93. The zero-order valence-electron chi connectivity index (χ0n) is 8.37. The molecule has 3 nitrogen and oxygen atoms in total. The monoisotopic (exact) mass is 188 g/mol. The van der Waals surface area contributed by atoms with Gasteiger partial charge >= 0.3 is 0 Å². The fourth-order valence-electron chi connectivity index (χ4n) is 0.949. The summed E-state index contributed by atoms with van der Waals surface area (Å²) in [4.78, 5) is 19.3. The number of Topliss-reactive ketones (excluding diaryl/α,β-unsaturated/α-hetero) is 1. The molecule has 0 radical (unpaired) electrons. The van der Waals surface area contributed by atoms with E-state index in [1.54, 1.807) is 19.3 Å². The van der Waals surface area contributed by atoms with Gasteiger partial charge < -0.3 is 0 Å². The van der Waals surface area contributed by atoms with Crippen LogP contribution < -0.4 is 0 Å². The summed E-state index contributed by atoms with van der Waals surface area (Å²) in [6.07, 6.45) is 4.26. The van der Waals surface area contributed by atoms with Crippen molar-refractivity contribution in [3.8, 4) is 11.8 Å². The van der Waals surface area contributed by atoms with Crippen molar-refractivity contribution in [2.45, 2.75) is 26.7 Å². The molecule has 1 aromatic rings. The van der Waals surface area contributed by atoms with E-state index in [1.807, 2.05) is 6.92 Å². The Morgan fingerprint density at radius 1 is 1.43 bits per heavy atom. The van der Waals surface area contributed by atoms with Gasteiger partial charge in [0.05, 0.1) is 0 Å². The first-order valence-electron chi connectivity index (χ1n) is 4.45. The summed E-state index contributed by atoms with van der Waals surface area (Å²) in [5, 5.41) is 0. The van der Waals surface area contributed by atoms with E-state index >= 15 is 0 Å². The van der Waals surface area contributed by atoms with Crippen LogP contribution in [0.3, 0.4) is 0 Å². The zero-order valence-corrected chi connectivity index (χ0v) is 8.37. The Bertz CT molecular complexity index is 371. The molecule has 0 fully saturated rings. The van der Waals surface area contributed by atoms with Gasteiger partial charge in [0, 0.05) is 25.2 Å². The molecular formula is C11H12N2O. The van der Waals surface area contributed by atoms with E-state index in [-0.39, 0.29) is 11.6 Å². The summed E-state index contributed by atoms with van der Waals surface area (Å²) in [7, 11) is 0. The highest BCUT2D eigenvalue weighted by atomic mass is 16.1. The Morgan fingerprint density at radius 2 is 2.07 bits per heavy atom. The maximum absolute atomic E-state index is 11.4. The molecule has 0 atom stereocenters. The Balaban J connectivity index is 2.59. The Kier molecular flexibility index (Phi) is 3.81. The summed E-state index contributed by atoms with van der Waals surface area (Å²) < 4.78 is 0. The fourth-order valence-corrected chi connectivity index (χ4v) is 0.949. The second-order valence-electron chi connectivity index (χ2n) is 2.93. The van der Waals surface area contributed by atoms with Gasteiger partial charge in [-0.2, -0.15) is 0 Å². The molecule has 0 spiro atoms. The van der Waals surface area contributed by atoms with Gasteiger partial charge in [0.1, 0.15) is 0 Å². The smallest absolute Gasteiger partial charge is 0.200 e. The third kappa shape index (κ3) is 2.98. The van der Waals surface area contributed by atoms with E-state index in [0.717, 1.165) is 5.56 Å². The van der Waals surface area contributed by atoms with E-state index < -0.39 is 0 Å². The van der Waals surface area contributed by atoms with Crippen molar-refractivity contribution in [2.24, 2.45) is 0 Å². The highest BCUT2D eigenvalue weighted by Crippen LogP contribution is 1.99. The molecule has 0 saturated carbocycles. The molecule has 1 heterocycles. The molecule has 0 aliphatic carbocycles. The van der Waals surface area contributed by atoms with Crippen molar-refractivity contribution >= 4 is 5.78 Å². The van der Waals surface area contributed by atoms with Crippen molar-refractivity contribution < 1.29 is 4.79 Å². The molecule has 1 rings (SSSR count). The molecule has 0 unspecified atom stereocenters. The molecule has 14 heavy (non-hydrogen) atoms. The van der Waals surface area contributed by atoms with Crippen LogP contribution in [0.2, 0.25) is 0 Å². The number of ketones is 1. The normalized spacial score (nSPS) is 9.00. The zero-order chi connectivity index (χ0) is 10.4. The predicted octanol–water partition coefficient (Wildman–Crippen LogP) is 1.77. The maximum Gasteiger partial charge on any atom is 0.200 e. The number of aryl methyl sites for hydroxylation is 1. The third-order valence-electron chi connectivity index (χ3n) is 1.68. The minimum absolute atomic E-state index is 0.0484. The first-order chi connectivity index (χ1) is 6.74. The van der Waals surface area contributed by atoms with Gasteiger partial charge in [-0.25, -0.2) is 9.97 Å². The number of rotatable bonds is 3. The second kappa shape index (κ2) is 5.13. The molecule has 0 N–H and O–H groups in total. The lowest BCUT2D eigenvalue weighted by Gasteiger charge is -1.96. The molecule has 1 aromatic heterocycles. The van der Waals surface area contributed by atoms with Crippen molar-refractivity contribution in [1.29, 1.82) is 0 Å². The van der Waals surface area contributed by atoms with Crippen LogP contribution in [0.15, 0.2) is 12.4 Å². The molecule has 72 valence electrons. The standard InChI is InChI=1S/C11H12N2O/c1-3-4-5-6-10(14)11-12-7-9(2)8-13-11/h7-8H,5-6H2,1-2H3. The molecule has 3 heteroatoms. The topological polar surface area (TPSA) is 42.9 Å². The van der Waals surface area contributed by atoms with E-state index in [1.165, 1.54) is 0 Å². The number of nitrogens with zero attached hydrogens (tertiary/aromatic N) is 2. The van der Waals surface area contributed by atoms with E-state index in [4.69, 9.17) is 0 Å². The summed E-state index contributed by atoms with van der Waals surface area (Å²) >= 11 is 0. The number of carbonyl (C=O) groups excluding carboxylic acids is 1. The van der Waals surface area contributed by atoms with Gasteiger partial charge in [-0.15, -0.1) is 11.8 Å². The minimum Gasteiger partial charge on any atom is -0.291 e. The minimum atomic E-state index is -0.0484. The van der Waals surface area contributed by atoms with Crippen LogP contribution in [0.5, 0.6) is 0 Å². The number of hydrogen-bond acceptors (Lipinski definition) is 3. The van der Waals surface area contributed by atoms with Gasteiger partial charge in [0.25, 0.3) is 0 Å². The van der Waals surface area contributed by atoms with Crippen molar-refractivity contribution in [3.05, 3.63) is 23.8 Å². The average Bonchev–Trinajstić information content (AvgIpc) is 2.19. The van der Waals surface area contributed by atoms with Crippen LogP contribution in [0.25, 0.3) is 0 Å². The Morgan fingerprint density at radius 3 is 2.64 bits per heavy atom. The lowest BCUT2D eigenvalue weighted by molar-refractivity contribution is 0.0974. The lowest BCUT2D eigenvalue weighted by Crippen LogP contribution is -2.04. The fraction of sp³-hybridized carbons (Fsp3) is 0.364. The largest absolute Gasteiger partial charge is 0.291 e. The maximum atomic E-state index is 11.4. The van der Waals surface area contributed by atoms with Crippen LogP contribution >= 0.6 is 0 Å². The predicted molar refractivity (Wildman–Crippen MR) is 53.8 cm³/mol. The number of hydrogen-bond donors (Lipinski definition) is 0. The first kappa shape index (κ1) is 10.4. The van der Waals surface area contributed by atoms with Gasteiger partial charge in [0.15, 0.2) is 5.82 Å². The van der Waals surface area contributed by atoms with E-state index in [0.29, 0.717) is 12.8 Å². The number of carbonyl (C=O) groups is 1. The van der Waals surface area contributed by atoms with Gasteiger partial charge in [-0.3, -0.25) is 4.79 Å². The first-order valence-corrected chi connectivity index (χ1v) is 4.45. The lowest BCUT2D eigenvalue weighted by atomic mass is 10.2. The summed E-state index contributed by atoms with van der Waals surface area (Å²) in [5.74, 6) is 5.81. The van der Waals surface area contributed by atoms with Crippen LogP contribution in [0.1, 0.15) is 35.9 Å². The van der Waals surface area contributed by atoms with E-state index in [9.17, 15) is 4.79 Å². The average molecular weight is 188 g/mol. The summed E-state index contributed by atoms with van der Waals surface area (Å²) in [6, 6.07) is 0. The quantitative estimate of drug-likeness (QED) is 0.536. The number of aromatic nitrogens is 2. The van der Waals surface area contributed by atoms with Crippen LogP contribution in [-0.4, -0.2) is 15.8 Å². The van der Waals surface area contributed by atoms with Gasteiger partial charge in [-0.05, 0) is 19.4 Å². The Labute approximate surface area is 83.6 Å². The highest BCUT2D eigenvalue weighted by molar-refractivity contribution is 5.92. The van der Waals surface area contributed by atoms with Crippen LogP contribution in [-0.2, 0) is 0 Å². The molecule has 0 aliphatic rings. The summed E-state index contributed by atoms with van der Waals surface area (Å²) in [6.45, 7) is 3.64. The Hall–Kier alpha value is -1.69. The van der Waals surface area contributed by atoms with Crippen LogP contribution in [0, 0.1) is 18.8 Å². The van der Waals surface area contributed by atoms with Gasteiger partial charge in [0.2, 0.25) is 5.78 Å². The van der Waals surface area contributed by atoms with Gasteiger partial charge in [-0.1, -0.05) is 0 Å². The molecular weight excluding hydrogens is 176 g/mol. The molecule has 0 aromatic carbocycles. The molecule has 0 aliphatic heterocycles. The SMILES string of the molecule is CC#CCCC(=O)c1ncc(C)cn1. The molecule has 0 saturated heterocycles. The molecule has 0 bridgehead atoms. The third-order valence-corrected chi connectivity index (χ3v) is 1.68. The van der Waals surface area contributed by atoms with Crippen molar-refractivity contribution in [1.82, 2.24) is 9.97 Å².